The van der Waals surface area contributed by atoms with Crippen LogP contribution in [0.15, 0.2) is 12.2 Å². The van der Waals surface area contributed by atoms with Crippen molar-refractivity contribution >= 4 is 23.3 Å². The Hall–Kier alpha value is -0.830. The van der Waals surface area contributed by atoms with Crippen LogP contribution in [0.3, 0.4) is 0 Å². The van der Waals surface area contributed by atoms with E-state index in [1.54, 1.807) is 0 Å². The first-order valence-electron chi connectivity index (χ1n) is 8.70. The zero-order valence-electron chi connectivity index (χ0n) is 12.8. The highest BCUT2D eigenvalue weighted by Crippen LogP contribution is 2.79. The summed E-state index contributed by atoms with van der Waals surface area (Å²) in [7, 11) is 0. The number of Topliss-reactive ketones (excluding diaryl/α,β-unsaturated/α-hetero) is 1. The zero-order chi connectivity index (χ0) is 15.2. The lowest BCUT2D eigenvalue weighted by Crippen LogP contribution is -2.52. The van der Waals surface area contributed by atoms with Crippen LogP contribution in [0.2, 0.25) is 0 Å². The van der Waals surface area contributed by atoms with E-state index in [9.17, 15) is 9.59 Å². The Morgan fingerprint density at radius 1 is 1.32 bits per heavy atom. The Balaban J connectivity index is 1.57. The molecule has 3 nitrogen and oxygen atoms in total. The van der Waals surface area contributed by atoms with Crippen LogP contribution < -0.4 is 0 Å². The van der Waals surface area contributed by atoms with Crippen LogP contribution in [0.25, 0.3) is 0 Å². The molecular weight excluding hydrogens is 298 g/mol. The Bertz CT molecular complexity index is 596. The molecule has 22 heavy (non-hydrogen) atoms. The molecule has 0 radical (unpaired) electrons. The van der Waals surface area contributed by atoms with Crippen molar-refractivity contribution in [1.82, 2.24) is 4.90 Å². The van der Waals surface area contributed by atoms with Gasteiger partial charge in [0, 0.05) is 24.9 Å². The second-order valence-electron chi connectivity index (χ2n) is 8.06. The predicted octanol–water partition coefficient (Wildman–Crippen LogP) is 2.49. The van der Waals surface area contributed by atoms with Crippen LogP contribution in [0.4, 0.5) is 0 Å². The van der Waals surface area contributed by atoms with E-state index < -0.39 is 5.41 Å². The van der Waals surface area contributed by atoms with E-state index in [1.165, 1.54) is 6.42 Å². The molecule has 118 valence electrons. The Morgan fingerprint density at radius 3 is 2.73 bits per heavy atom. The molecule has 5 rings (SSSR count). The number of hydrogen-bond donors (Lipinski definition) is 0. The third kappa shape index (κ3) is 1.22. The molecule has 0 aromatic rings. The summed E-state index contributed by atoms with van der Waals surface area (Å²) in [4.78, 5) is 28.4. The van der Waals surface area contributed by atoms with Crippen molar-refractivity contribution in [2.75, 3.05) is 19.0 Å². The van der Waals surface area contributed by atoms with Gasteiger partial charge >= 0.3 is 0 Å². The van der Waals surface area contributed by atoms with Crippen molar-refractivity contribution < 1.29 is 9.59 Å². The highest BCUT2D eigenvalue weighted by molar-refractivity contribution is 6.21. The monoisotopic (exact) mass is 319 g/mol. The summed E-state index contributed by atoms with van der Waals surface area (Å²) < 4.78 is 0. The van der Waals surface area contributed by atoms with Crippen LogP contribution in [-0.2, 0) is 9.59 Å². The van der Waals surface area contributed by atoms with E-state index in [0.717, 1.165) is 37.9 Å². The van der Waals surface area contributed by atoms with E-state index in [4.69, 9.17) is 11.6 Å². The fraction of sp³-hybridized carbons (Fsp3) is 0.778. The maximum Gasteiger partial charge on any atom is 0.227 e. The number of allylic oxidation sites excluding steroid dienone is 1. The van der Waals surface area contributed by atoms with Gasteiger partial charge < -0.3 is 4.90 Å². The van der Waals surface area contributed by atoms with E-state index in [0.29, 0.717) is 29.6 Å². The third-order valence-electron chi connectivity index (χ3n) is 7.62. The average molecular weight is 320 g/mol. The maximum atomic E-state index is 13.2. The second kappa shape index (κ2) is 4.17. The molecule has 0 N–H and O–H groups in total. The molecule has 1 aliphatic heterocycles. The molecule has 1 heterocycles. The minimum absolute atomic E-state index is 0.0258. The summed E-state index contributed by atoms with van der Waals surface area (Å²) in [5, 5.41) is 0. The smallest absolute Gasteiger partial charge is 0.227 e. The SMILES string of the molecule is C=C1[C@@H]2C(=O)[C@]3(CCl)[C@@H]4C[C@@H]([C@H]1[C@H]24)[C@@H]3C(=O)N1CCCCC1. The number of ketones is 1. The minimum Gasteiger partial charge on any atom is -0.342 e. The fourth-order valence-electron chi connectivity index (χ4n) is 6.87. The summed E-state index contributed by atoms with van der Waals surface area (Å²) >= 11 is 6.37. The standard InChI is InChI=1S/C18H22ClNO2/c1-9-12-10-7-11-14(12)13(9)16(21)18(11,8-19)15(10)17(22)20-5-3-2-4-6-20/h10-15H,1-8H2/t10-,11+,12-,13-,14+,15+,18+/m0/s1. The van der Waals surface area contributed by atoms with Crippen LogP contribution >= 0.6 is 11.6 Å². The summed E-state index contributed by atoms with van der Waals surface area (Å²) in [6.45, 7) is 5.91. The third-order valence-corrected chi connectivity index (χ3v) is 8.06. The van der Waals surface area contributed by atoms with Gasteiger partial charge in [-0.25, -0.2) is 0 Å². The van der Waals surface area contributed by atoms with Gasteiger partial charge in [0.25, 0.3) is 0 Å². The quantitative estimate of drug-likeness (QED) is 0.579. The van der Waals surface area contributed by atoms with Crippen LogP contribution in [0.1, 0.15) is 25.7 Å². The van der Waals surface area contributed by atoms with E-state index in [1.807, 2.05) is 4.90 Å². The maximum absolute atomic E-state index is 13.2. The van der Waals surface area contributed by atoms with Gasteiger partial charge in [0.2, 0.25) is 5.91 Å². The lowest BCUT2D eigenvalue weighted by Gasteiger charge is -2.47. The molecule has 0 spiro atoms. The molecule has 5 fully saturated rings. The van der Waals surface area contributed by atoms with E-state index >= 15 is 0 Å². The highest BCUT2D eigenvalue weighted by Gasteiger charge is 2.82. The molecule has 7 atom stereocenters. The van der Waals surface area contributed by atoms with Gasteiger partial charge in [-0.05, 0) is 49.4 Å². The second-order valence-corrected chi connectivity index (χ2v) is 8.33. The number of carbonyl (C=O) groups excluding carboxylic acids is 2. The van der Waals surface area contributed by atoms with Crippen molar-refractivity contribution in [3.63, 3.8) is 0 Å². The lowest BCUT2D eigenvalue weighted by atomic mass is 9.57. The average Bonchev–Trinajstić information content (AvgIpc) is 3.06. The number of rotatable bonds is 2. The van der Waals surface area contributed by atoms with E-state index in [-0.39, 0.29) is 23.5 Å². The molecule has 1 amide bonds. The Labute approximate surface area is 136 Å². The molecule has 5 aliphatic rings. The summed E-state index contributed by atoms with van der Waals surface area (Å²) in [5.74, 6) is 2.24. The van der Waals surface area contributed by atoms with Gasteiger partial charge in [0.1, 0.15) is 5.78 Å². The summed E-state index contributed by atoms with van der Waals surface area (Å²) in [6.07, 6.45) is 4.42. The number of carbonyl (C=O) groups is 2. The first-order chi connectivity index (χ1) is 10.6. The number of piperidine rings is 1. The highest BCUT2D eigenvalue weighted by atomic mass is 35.5. The van der Waals surface area contributed by atoms with Gasteiger partial charge in [0.05, 0.1) is 11.3 Å². The topological polar surface area (TPSA) is 37.4 Å². The first kappa shape index (κ1) is 13.6. The molecule has 4 aliphatic carbocycles. The van der Waals surface area contributed by atoms with Crippen molar-refractivity contribution in [2.45, 2.75) is 25.7 Å². The van der Waals surface area contributed by atoms with Gasteiger partial charge in [-0.3, -0.25) is 9.59 Å². The largest absolute Gasteiger partial charge is 0.342 e. The summed E-state index contributed by atoms with van der Waals surface area (Å²) in [5.41, 5.74) is 0.551. The molecule has 4 heteroatoms. The van der Waals surface area contributed by atoms with Crippen molar-refractivity contribution in [3.05, 3.63) is 12.2 Å². The fourth-order valence-corrected chi connectivity index (χ4v) is 7.37. The molecule has 1 saturated heterocycles. The number of likely N-dealkylation sites (tertiary alicyclic amines) is 1. The van der Waals surface area contributed by atoms with Gasteiger partial charge in [-0.2, -0.15) is 0 Å². The Kier molecular flexibility index (Phi) is 2.58. The Morgan fingerprint density at radius 2 is 2.05 bits per heavy atom. The number of alkyl halides is 1. The number of nitrogens with zero attached hydrogens (tertiary/aromatic N) is 1. The van der Waals surface area contributed by atoms with Crippen molar-refractivity contribution in [3.8, 4) is 0 Å². The minimum atomic E-state index is -0.563. The van der Waals surface area contributed by atoms with Crippen molar-refractivity contribution in [1.29, 1.82) is 0 Å². The molecule has 2 bridgehead atoms. The number of hydrogen-bond acceptors (Lipinski definition) is 2. The number of amides is 1. The van der Waals surface area contributed by atoms with Gasteiger partial charge in [-0.1, -0.05) is 12.2 Å². The molecule has 0 unspecified atom stereocenters. The molecule has 0 aromatic heterocycles. The first-order valence-corrected chi connectivity index (χ1v) is 9.24. The van der Waals surface area contributed by atoms with Crippen LogP contribution in [0, 0.1) is 40.9 Å². The molecule has 4 saturated carbocycles. The molecule has 0 aromatic carbocycles. The number of fused-ring (bicyclic) bond motifs is 2. The van der Waals surface area contributed by atoms with E-state index in [2.05, 4.69) is 6.58 Å². The normalized spacial score (nSPS) is 51.4. The van der Waals surface area contributed by atoms with Gasteiger partial charge in [0.15, 0.2) is 0 Å². The summed E-state index contributed by atoms with van der Waals surface area (Å²) in [6, 6.07) is 0. The number of halogens is 1. The zero-order valence-corrected chi connectivity index (χ0v) is 13.5. The predicted molar refractivity (Wildman–Crippen MR) is 83.3 cm³/mol. The van der Waals surface area contributed by atoms with Crippen molar-refractivity contribution in [2.24, 2.45) is 40.9 Å². The van der Waals surface area contributed by atoms with Crippen LogP contribution in [0.5, 0.6) is 0 Å². The van der Waals surface area contributed by atoms with Crippen LogP contribution in [-0.4, -0.2) is 35.6 Å². The molecular formula is C18H22ClNO2. The lowest BCUT2D eigenvalue weighted by molar-refractivity contribution is -0.147. The van der Waals surface area contributed by atoms with Gasteiger partial charge in [-0.15, -0.1) is 11.6 Å².